The Morgan fingerprint density at radius 1 is 1.14 bits per heavy atom. The van der Waals surface area contributed by atoms with Gasteiger partial charge in [0.1, 0.15) is 11.8 Å². The SMILES string of the molecule is O=C(NC(Cc1ccc(O)cc1)C(=O)O)c1cccc(Cl)c1. The number of hydrogen-bond acceptors (Lipinski definition) is 3. The number of carboxylic acids is 1. The van der Waals surface area contributed by atoms with Crippen molar-refractivity contribution in [3.63, 3.8) is 0 Å². The molecule has 2 aromatic rings. The second kappa shape index (κ2) is 6.95. The van der Waals surface area contributed by atoms with Gasteiger partial charge in [0.25, 0.3) is 5.91 Å². The molecule has 0 fully saturated rings. The zero-order chi connectivity index (χ0) is 16.1. The van der Waals surface area contributed by atoms with E-state index in [1.807, 2.05) is 0 Å². The number of aliphatic carboxylic acids is 1. The van der Waals surface area contributed by atoms with Crippen LogP contribution in [0.25, 0.3) is 0 Å². The standard InChI is InChI=1S/C16H14ClNO4/c17-12-3-1-2-11(9-12)15(20)18-14(16(21)22)8-10-4-6-13(19)7-5-10/h1-7,9,14,19H,8H2,(H,18,20)(H,21,22). The summed E-state index contributed by atoms with van der Waals surface area (Å²) in [5, 5.41) is 21.3. The highest BCUT2D eigenvalue weighted by Gasteiger charge is 2.21. The van der Waals surface area contributed by atoms with Gasteiger partial charge in [-0.2, -0.15) is 0 Å². The number of amides is 1. The molecule has 0 heterocycles. The number of phenols is 1. The molecule has 1 unspecified atom stereocenters. The molecule has 114 valence electrons. The van der Waals surface area contributed by atoms with E-state index in [4.69, 9.17) is 11.6 Å². The Morgan fingerprint density at radius 2 is 1.82 bits per heavy atom. The van der Waals surface area contributed by atoms with Crippen molar-refractivity contribution in [3.8, 4) is 5.75 Å². The second-order valence-electron chi connectivity index (χ2n) is 4.75. The van der Waals surface area contributed by atoms with Crippen LogP contribution >= 0.6 is 11.6 Å². The molecule has 0 radical (unpaired) electrons. The second-order valence-corrected chi connectivity index (χ2v) is 5.18. The first-order chi connectivity index (χ1) is 10.5. The minimum absolute atomic E-state index is 0.0959. The number of halogens is 1. The summed E-state index contributed by atoms with van der Waals surface area (Å²) in [6.45, 7) is 0. The van der Waals surface area contributed by atoms with E-state index in [1.165, 1.54) is 18.2 Å². The third kappa shape index (κ3) is 4.23. The summed E-state index contributed by atoms with van der Waals surface area (Å²) >= 11 is 5.81. The van der Waals surface area contributed by atoms with Gasteiger partial charge in [-0.1, -0.05) is 29.8 Å². The molecule has 2 rings (SSSR count). The summed E-state index contributed by atoms with van der Waals surface area (Å²) in [7, 11) is 0. The maximum absolute atomic E-state index is 12.1. The van der Waals surface area contributed by atoms with Gasteiger partial charge in [0.05, 0.1) is 0 Å². The van der Waals surface area contributed by atoms with Crippen LogP contribution in [0.4, 0.5) is 0 Å². The van der Waals surface area contributed by atoms with Crippen LogP contribution in [0, 0.1) is 0 Å². The van der Waals surface area contributed by atoms with Crippen molar-refractivity contribution in [1.29, 1.82) is 0 Å². The van der Waals surface area contributed by atoms with E-state index in [0.717, 1.165) is 0 Å². The average Bonchev–Trinajstić information content (AvgIpc) is 2.48. The molecule has 0 bridgehead atoms. The number of nitrogens with one attached hydrogen (secondary N) is 1. The van der Waals surface area contributed by atoms with Gasteiger partial charge in [0.2, 0.25) is 0 Å². The monoisotopic (exact) mass is 319 g/mol. The van der Waals surface area contributed by atoms with Crippen LogP contribution in [-0.4, -0.2) is 28.1 Å². The van der Waals surface area contributed by atoms with Crippen LogP contribution in [-0.2, 0) is 11.2 Å². The molecule has 22 heavy (non-hydrogen) atoms. The van der Waals surface area contributed by atoms with Crippen molar-refractivity contribution in [3.05, 3.63) is 64.7 Å². The van der Waals surface area contributed by atoms with E-state index in [2.05, 4.69) is 5.32 Å². The number of aromatic hydroxyl groups is 1. The lowest BCUT2D eigenvalue weighted by Crippen LogP contribution is -2.42. The molecule has 0 aliphatic rings. The van der Waals surface area contributed by atoms with Gasteiger partial charge in [-0.25, -0.2) is 4.79 Å². The van der Waals surface area contributed by atoms with E-state index >= 15 is 0 Å². The van der Waals surface area contributed by atoms with Gasteiger partial charge >= 0.3 is 5.97 Å². The zero-order valence-corrected chi connectivity index (χ0v) is 12.2. The molecule has 0 aliphatic heterocycles. The molecule has 1 amide bonds. The summed E-state index contributed by atoms with van der Waals surface area (Å²) < 4.78 is 0. The molecule has 2 aromatic carbocycles. The number of hydrogen-bond donors (Lipinski definition) is 3. The molecule has 0 spiro atoms. The third-order valence-corrected chi connectivity index (χ3v) is 3.30. The first-order valence-electron chi connectivity index (χ1n) is 6.53. The van der Waals surface area contributed by atoms with Gasteiger partial charge in [-0.05, 0) is 35.9 Å². The topological polar surface area (TPSA) is 86.6 Å². The number of rotatable bonds is 5. The van der Waals surface area contributed by atoms with Crippen molar-refractivity contribution in [2.75, 3.05) is 0 Å². The molecule has 0 saturated carbocycles. The van der Waals surface area contributed by atoms with E-state index < -0.39 is 17.9 Å². The fraction of sp³-hybridized carbons (Fsp3) is 0.125. The quantitative estimate of drug-likeness (QED) is 0.790. The fourth-order valence-electron chi connectivity index (χ4n) is 1.94. The van der Waals surface area contributed by atoms with E-state index in [-0.39, 0.29) is 12.2 Å². The first-order valence-corrected chi connectivity index (χ1v) is 6.90. The van der Waals surface area contributed by atoms with Crippen molar-refractivity contribution in [2.24, 2.45) is 0 Å². The minimum Gasteiger partial charge on any atom is -0.508 e. The Morgan fingerprint density at radius 3 is 2.41 bits per heavy atom. The molecular formula is C16H14ClNO4. The number of phenolic OH excluding ortho intramolecular Hbond substituents is 1. The summed E-state index contributed by atoms with van der Waals surface area (Å²) in [4.78, 5) is 23.4. The highest BCUT2D eigenvalue weighted by molar-refractivity contribution is 6.30. The fourth-order valence-corrected chi connectivity index (χ4v) is 2.13. The summed E-state index contributed by atoms with van der Waals surface area (Å²) in [6.07, 6.45) is 0.113. The summed E-state index contributed by atoms with van der Waals surface area (Å²) in [5.41, 5.74) is 0.987. The van der Waals surface area contributed by atoms with Crippen LogP contribution in [0.3, 0.4) is 0 Å². The van der Waals surface area contributed by atoms with E-state index in [1.54, 1.807) is 30.3 Å². The molecule has 3 N–H and O–H groups in total. The molecule has 0 saturated heterocycles. The Bertz CT molecular complexity index is 685. The van der Waals surface area contributed by atoms with Gasteiger partial charge in [0, 0.05) is 17.0 Å². The molecule has 0 aromatic heterocycles. The molecular weight excluding hydrogens is 306 g/mol. The predicted molar refractivity (Wildman–Crippen MR) is 82.2 cm³/mol. The molecule has 6 heteroatoms. The van der Waals surface area contributed by atoms with E-state index in [9.17, 15) is 19.8 Å². The molecule has 1 atom stereocenters. The normalized spacial score (nSPS) is 11.7. The maximum atomic E-state index is 12.1. The largest absolute Gasteiger partial charge is 0.508 e. The summed E-state index contributed by atoms with van der Waals surface area (Å²) in [5.74, 6) is -1.55. The highest BCUT2D eigenvalue weighted by Crippen LogP contribution is 2.13. The Balaban J connectivity index is 2.10. The van der Waals surface area contributed by atoms with Gasteiger partial charge in [-0.3, -0.25) is 4.79 Å². The number of carbonyl (C=O) groups is 2. The van der Waals surface area contributed by atoms with Crippen LogP contribution in [0.15, 0.2) is 48.5 Å². The lowest BCUT2D eigenvalue weighted by Gasteiger charge is -2.15. The zero-order valence-electron chi connectivity index (χ0n) is 11.5. The van der Waals surface area contributed by atoms with Crippen molar-refractivity contribution in [1.82, 2.24) is 5.32 Å². The number of carbonyl (C=O) groups excluding carboxylic acids is 1. The molecule has 5 nitrogen and oxygen atoms in total. The highest BCUT2D eigenvalue weighted by atomic mass is 35.5. The van der Waals surface area contributed by atoms with Crippen molar-refractivity contribution < 1.29 is 19.8 Å². The average molecular weight is 320 g/mol. The van der Waals surface area contributed by atoms with Crippen molar-refractivity contribution in [2.45, 2.75) is 12.5 Å². The number of carboxylic acid groups (broad SMARTS) is 1. The third-order valence-electron chi connectivity index (χ3n) is 3.07. The van der Waals surface area contributed by atoms with Gasteiger partial charge in [-0.15, -0.1) is 0 Å². The Labute approximate surface area is 132 Å². The Hall–Kier alpha value is -2.53. The van der Waals surface area contributed by atoms with Gasteiger partial charge in [0.15, 0.2) is 0 Å². The lowest BCUT2D eigenvalue weighted by atomic mass is 10.1. The predicted octanol–water partition coefficient (Wildman–Crippen LogP) is 2.47. The first kappa shape index (κ1) is 15.9. The lowest BCUT2D eigenvalue weighted by molar-refractivity contribution is -0.139. The number of benzene rings is 2. The van der Waals surface area contributed by atoms with Crippen molar-refractivity contribution >= 4 is 23.5 Å². The minimum atomic E-state index is -1.14. The summed E-state index contributed by atoms with van der Waals surface area (Å²) in [6, 6.07) is 11.3. The smallest absolute Gasteiger partial charge is 0.326 e. The van der Waals surface area contributed by atoms with Crippen LogP contribution in [0.1, 0.15) is 15.9 Å². The van der Waals surface area contributed by atoms with Gasteiger partial charge < -0.3 is 15.5 Å². The molecule has 0 aliphatic carbocycles. The van der Waals surface area contributed by atoms with E-state index in [0.29, 0.717) is 16.1 Å². The van der Waals surface area contributed by atoms with Crippen LogP contribution in [0.5, 0.6) is 5.75 Å². The maximum Gasteiger partial charge on any atom is 0.326 e. The Kier molecular flexibility index (Phi) is 5.01. The van der Waals surface area contributed by atoms with Crippen LogP contribution < -0.4 is 5.32 Å². The van der Waals surface area contributed by atoms with Crippen LogP contribution in [0.2, 0.25) is 5.02 Å².